The minimum Gasteiger partial charge on any atom is -0.370 e. The van der Waals surface area contributed by atoms with Gasteiger partial charge in [-0.3, -0.25) is 4.99 Å². The molecule has 1 aromatic carbocycles. The number of aliphatic imine (C=N–C) groups is 1. The maximum absolute atomic E-state index is 13.5. The average Bonchev–Trinajstić information content (AvgIpc) is 2.43. The molecule has 0 amide bonds. The van der Waals surface area contributed by atoms with E-state index in [0.29, 0.717) is 11.6 Å². The van der Waals surface area contributed by atoms with Gasteiger partial charge < -0.3 is 4.90 Å². The summed E-state index contributed by atoms with van der Waals surface area (Å²) >= 11 is 0. The third kappa shape index (κ3) is 4.09. The molecule has 1 rings (SSSR count). The second kappa shape index (κ2) is 8.08. The molecule has 0 bridgehead atoms. The van der Waals surface area contributed by atoms with Gasteiger partial charge in [0, 0.05) is 19.2 Å². The van der Waals surface area contributed by atoms with Crippen LogP contribution in [-0.2, 0) is 0 Å². The van der Waals surface area contributed by atoms with Gasteiger partial charge in [-0.1, -0.05) is 32.2 Å². The quantitative estimate of drug-likeness (QED) is 0.526. The van der Waals surface area contributed by atoms with Crippen molar-refractivity contribution >= 4 is 31.4 Å². The lowest BCUT2D eigenvalue weighted by atomic mass is 9.91. The summed E-state index contributed by atoms with van der Waals surface area (Å²) in [5, 5.41) is 0. The molecule has 0 fully saturated rings. The fraction of sp³-hybridized carbons (Fsp3) is 0.562. The van der Waals surface area contributed by atoms with Crippen molar-refractivity contribution in [2.45, 2.75) is 40.0 Å². The number of nitrogens with zero attached hydrogens (tertiary/aromatic N) is 2. The van der Waals surface area contributed by atoms with Crippen LogP contribution in [0.1, 0.15) is 40.0 Å². The molecule has 0 aliphatic heterocycles. The molecule has 0 heterocycles. The Labute approximate surface area is 123 Å². The molecule has 0 saturated heterocycles. The summed E-state index contributed by atoms with van der Waals surface area (Å²) in [4.78, 5) is 6.32. The van der Waals surface area contributed by atoms with Gasteiger partial charge in [-0.2, -0.15) is 0 Å². The van der Waals surface area contributed by atoms with E-state index in [1.54, 1.807) is 6.07 Å². The van der Waals surface area contributed by atoms with Crippen molar-refractivity contribution < 1.29 is 4.39 Å². The molecular formula is C16H26BFN2. The summed E-state index contributed by atoms with van der Waals surface area (Å²) in [5.41, 5.74) is 2.61. The molecule has 0 aliphatic carbocycles. The van der Waals surface area contributed by atoms with Crippen LogP contribution in [0.25, 0.3) is 0 Å². The van der Waals surface area contributed by atoms with Gasteiger partial charge in [0.05, 0.1) is 11.4 Å². The van der Waals surface area contributed by atoms with E-state index in [4.69, 9.17) is 0 Å². The molecule has 2 nitrogen and oxygen atoms in total. The third-order valence-corrected chi connectivity index (χ3v) is 3.87. The first-order valence-corrected chi connectivity index (χ1v) is 7.59. The van der Waals surface area contributed by atoms with Gasteiger partial charge in [0.2, 0.25) is 0 Å². The van der Waals surface area contributed by atoms with Crippen molar-refractivity contribution in [2.24, 2.45) is 10.9 Å². The Morgan fingerprint density at radius 1 is 1.35 bits per heavy atom. The van der Waals surface area contributed by atoms with Gasteiger partial charge in [-0.25, -0.2) is 4.39 Å². The standard InChI is InChI=1S/C16H26BFN2/c1-5-8-12(6-2)11-20(7-3)16-14(17)9-13(18)10-15(16)19-4/h9-10,12H,4-8,11,17H2,1-3H3. The van der Waals surface area contributed by atoms with E-state index in [-0.39, 0.29) is 5.82 Å². The minimum absolute atomic E-state index is 0.245. The second-order valence-corrected chi connectivity index (χ2v) is 5.35. The molecule has 0 radical (unpaired) electrons. The first-order chi connectivity index (χ1) is 9.57. The lowest BCUT2D eigenvalue weighted by Gasteiger charge is -2.30. The molecule has 0 saturated carbocycles. The molecule has 0 aromatic heterocycles. The Bertz CT molecular complexity index is 448. The van der Waals surface area contributed by atoms with E-state index < -0.39 is 0 Å². The second-order valence-electron chi connectivity index (χ2n) is 5.35. The van der Waals surface area contributed by atoms with E-state index in [0.717, 1.165) is 24.2 Å². The number of anilines is 1. The highest BCUT2D eigenvalue weighted by molar-refractivity contribution is 6.36. The largest absolute Gasteiger partial charge is 0.370 e. The number of benzene rings is 1. The number of rotatable bonds is 8. The molecule has 0 spiro atoms. The minimum atomic E-state index is -0.245. The summed E-state index contributed by atoms with van der Waals surface area (Å²) in [6.07, 6.45) is 3.59. The van der Waals surface area contributed by atoms with Crippen molar-refractivity contribution in [3.8, 4) is 0 Å². The highest BCUT2D eigenvalue weighted by Crippen LogP contribution is 2.28. The molecule has 1 atom stereocenters. The Morgan fingerprint density at radius 2 is 2.05 bits per heavy atom. The van der Waals surface area contributed by atoms with Crippen LogP contribution >= 0.6 is 0 Å². The molecule has 0 N–H and O–H groups in total. The third-order valence-electron chi connectivity index (χ3n) is 3.87. The zero-order valence-corrected chi connectivity index (χ0v) is 13.2. The normalized spacial score (nSPS) is 12.2. The first kappa shape index (κ1) is 16.7. The maximum atomic E-state index is 13.5. The van der Waals surface area contributed by atoms with E-state index in [2.05, 4.69) is 37.4 Å². The molecule has 4 heteroatoms. The smallest absolute Gasteiger partial charge is 0.142 e. The van der Waals surface area contributed by atoms with Crippen LogP contribution in [0.15, 0.2) is 17.1 Å². The monoisotopic (exact) mass is 276 g/mol. The van der Waals surface area contributed by atoms with Crippen LogP contribution in [0, 0.1) is 11.7 Å². The molecule has 20 heavy (non-hydrogen) atoms. The fourth-order valence-electron chi connectivity index (χ4n) is 2.77. The van der Waals surface area contributed by atoms with Crippen molar-refractivity contribution in [3.05, 3.63) is 17.9 Å². The van der Waals surface area contributed by atoms with E-state index >= 15 is 0 Å². The molecule has 1 unspecified atom stereocenters. The summed E-state index contributed by atoms with van der Waals surface area (Å²) in [6, 6.07) is 3.05. The lowest BCUT2D eigenvalue weighted by Crippen LogP contribution is -2.33. The maximum Gasteiger partial charge on any atom is 0.142 e. The van der Waals surface area contributed by atoms with Crippen molar-refractivity contribution in [3.63, 3.8) is 0 Å². The molecular weight excluding hydrogens is 250 g/mol. The SMILES string of the molecule is Bc1cc(F)cc(N=C)c1N(CC)CC(CC)CCC. The van der Waals surface area contributed by atoms with Crippen LogP contribution in [0.2, 0.25) is 0 Å². The predicted molar refractivity (Wildman–Crippen MR) is 90.4 cm³/mol. The van der Waals surface area contributed by atoms with Crippen LogP contribution in [0.5, 0.6) is 0 Å². The lowest BCUT2D eigenvalue weighted by molar-refractivity contribution is 0.460. The Balaban J connectivity index is 3.08. The van der Waals surface area contributed by atoms with E-state index in [1.807, 2.05) is 7.85 Å². The van der Waals surface area contributed by atoms with Gasteiger partial charge in [0.1, 0.15) is 13.7 Å². The molecule has 1 aromatic rings. The highest BCUT2D eigenvalue weighted by atomic mass is 19.1. The Hall–Kier alpha value is -1.32. The van der Waals surface area contributed by atoms with Gasteiger partial charge in [-0.05, 0) is 32.0 Å². The molecule has 110 valence electrons. The Morgan fingerprint density at radius 3 is 2.55 bits per heavy atom. The predicted octanol–water partition coefficient (Wildman–Crippen LogP) is 3.07. The highest BCUT2D eigenvalue weighted by Gasteiger charge is 2.17. The van der Waals surface area contributed by atoms with Crippen LogP contribution in [0.3, 0.4) is 0 Å². The zero-order valence-electron chi connectivity index (χ0n) is 13.2. The van der Waals surface area contributed by atoms with Gasteiger partial charge >= 0.3 is 0 Å². The number of halogens is 1. The van der Waals surface area contributed by atoms with Crippen LogP contribution < -0.4 is 10.4 Å². The summed E-state index contributed by atoms with van der Waals surface area (Å²) in [5.74, 6) is 0.423. The molecule has 0 aliphatic rings. The Kier molecular flexibility index (Phi) is 6.76. The topological polar surface area (TPSA) is 15.6 Å². The van der Waals surface area contributed by atoms with Crippen molar-refractivity contribution in [2.75, 3.05) is 18.0 Å². The van der Waals surface area contributed by atoms with E-state index in [1.165, 1.54) is 25.3 Å². The summed E-state index contributed by atoms with van der Waals surface area (Å²) < 4.78 is 13.5. The van der Waals surface area contributed by atoms with Crippen LogP contribution in [-0.4, -0.2) is 27.7 Å². The van der Waals surface area contributed by atoms with Crippen molar-refractivity contribution in [1.82, 2.24) is 0 Å². The fourth-order valence-corrected chi connectivity index (χ4v) is 2.77. The average molecular weight is 276 g/mol. The zero-order chi connectivity index (χ0) is 15.1. The van der Waals surface area contributed by atoms with Gasteiger partial charge in [0.25, 0.3) is 0 Å². The van der Waals surface area contributed by atoms with Crippen molar-refractivity contribution in [1.29, 1.82) is 0 Å². The number of hydrogen-bond donors (Lipinski definition) is 0. The van der Waals surface area contributed by atoms with Crippen LogP contribution in [0.4, 0.5) is 15.8 Å². The van der Waals surface area contributed by atoms with E-state index in [9.17, 15) is 4.39 Å². The summed E-state index contributed by atoms with van der Waals surface area (Å²) in [6.45, 7) is 12.1. The first-order valence-electron chi connectivity index (χ1n) is 7.59. The van der Waals surface area contributed by atoms with Gasteiger partial charge in [-0.15, -0.1) is 0 Å². The summed E-state index contributed by atoms with van der Waals surface area (Å²) in [7, 11) is 1.94. The van der Waals surface area contributed by atoms with Gasteiger partial charge in [0.15, 0.2) is 0 Å². The number of hydrogen-bond acceptors (Lipinski definition) is 2.